The molecule has 0 aliphatic carbocycles. The van der Waals surface area contributed by atoms with E-state index < -0.39 is 42.9 Å². The normalized spacial score (nSPS) is 15.2. The molecule has 1 amide bonds. The van der Waals surface area contributed by atoms with E-state index in [1.54, 1.807) is 0 Å². The average molecular weight is 475 g/mol. The van der Waals surface area contributed by atoms with Crippen LogP contribution in [0.15, 0.2) is 30.3 Å². The van der Waals surface area contributed by atoms with Crippen LogP contribution in [0.25, 0.3) is 0 Å². The molecule has 0 radical (unpaired) electrons. The lowest BCUT2D eigenvalue weighted by Gasteiger charge is -2.34. The standard InChI is InChI=1S/C22H35N2O7P.2H2/c1-7-22(3,4)19(20(26)23-14-13-18(25)29-5)31-32(6,28)24-16(2)21(27)30-15-17-11-9-8-10-12-17;;/h8-12,16,19H,7,13-15H2,1-6H3,(H,23,26)(H,24,28);2*1H/t16-,19-,32?;;/m0../s1. The van der Waals surface area contributed by atoms with E-state index in [0.717, 1.165) is 5.56 Å². The van der Waals surface area contributed by atoms with Crippen LogP contribution >= 0.6 is 7.52 Å². The summed E-state index contributed by atoms with van der Waals surface area (Å²) in [6.45, 7) is 8.50. The molecule has 9 nitrogen and oxygen atoms in total. The predicted octanol–water partition coefficient (Wildman–Crippen LogP) is 3.52. The van der Waals surface area contributed by atoms with Crippen molar-refractivity contribution >= 4 is 25.4 Å². The molecule has 0 aromatic heterocycles. The molecule has 1 rings (SSSR count). The second-order valence-corrected chi connectivity index (χ2v) is 10.4. The van der Waals surface area contributed by atoms with E-state index in [1.807, 2.05) is 51.1 Å². The van der Waals surface area contributed by atoms with Gasteiger partial charge in [0, 0.05) is 21.5 Å². The smallest absolute Gasteiger partial charge is 0.323 e. The molecule has 0 fully saturated rings. The Morgan fingerprint density at radius 2 is 1.81 bits per heavy atom. The molecule has 32 heavy (non-hydrogen) atoms. The number of rotatable bonds is 13. The largest absolute Gasteiger partial charge is 0.469 e. The number of hydrogen-bond donors (Lipinski definition) is 2. The van der Waals surface area contributed by atoms with Crippen molar-refractivity contribution in [3.8, 4) is 0 Å². The second-order valence-electron chi connectivity index (χ2n) is 8.23. The molecular weight excluding hydrogens is 435 g/mol. The summed E-state index contributed by atoms with van der Waals surface area (Å²) in [7, 11) is -2.31. The van der Waals surface area contributed by atoms with Crippen molar-refractivity contribution < 1.29 is 35.8 Å². The van der Waals surface area contributed by atoms with Crippen molar-refractivity contribution in [2.24, 2.45) is 5.41 Å². The molecule has 0 spiro atoms. The number of nitrogens with one attached hydrogen (secondary N) is 2. The monoisotopic (exact) mass is 474 g/mol. The fourth-order valence-corrected chi connectivity index (χ4v) is 4.36. The Morgan fingerprint density at radius 1 is 1.19 bits per heavy atom. The first-order valence-corrected chi connectivity index (χ1v) is 12.6. The van der Waals surface area contributed by atoms with Crippen LogP contribution in [-0.2, 0) is 39.6 Å². The number of carbonyl (C=O) groups excluding carboxylic acids is 3. The maximum absolute atomic E-state index is 13.1. The van der Waals surface area contributed by atoms with Gasteiger partial charge in [-0.25, -0.2) is 5.09 Å². The third kappa shape index (κ3) is 9.51. The van der Waals surface area contributed by atoms with Gasteiger partial charge in [0.25, 0.3) is 7.52 Å². The summed E-state index contributed by atoms with van der Waals surface area (Å²) < 4.78 is 28.7. The van der Waals surface area contributed by atoms with Gasteiger partial charge in [0.15, 0.2) is 0 Å². The van der Waals surface area contributed by atoms with E-state index in [4.69, 9.17) is 9.26 Å². The van der Waals surface area contributed by atoms with Gasteiger partial charge in [-0.15, -0.1) is 0 Å². The zero-order valence-electron chi connectivity index (χ0n) is 19.7. The quantitative estimate of drug-likeness (QED) is 0.329. The number of hydrogen-bond acceptors (Lipinski definition) is 7. The Morgan fingerprint density at radius 3 is 2.38 bits per heavy atom. The Kier molecular flexibility index (Phi) is 11.1. The van der Waals surface area contributed by atoms with Gasteiger partial charge in [-0.05, 0) is 18.9 Å². The number of amides is 1. The number of carbonyl (C=O) groups is 3. The number of benzene rings is 1. The number of esters is 2. The van der Waals surface area contributed by atoms with Crippen LogP contribution in [0.1, 0.15) is 49.0 Å². The number of ether oxygens (including phenoxy) is 2. The highest BCUT2D eigenvalue weighted by molar-refractivity contribution is 7.56. The van der Waals surface area contributed by atoms with Gasteiger partial charge in [-0.1, -0.05) is 51.1 Å². The van der Waals surface area contributed by atoms with Gasteiger partial charge in [-0.3, -0.25) is 18.9 Å². The van der Waals surface area contributed by atoms with E-state index in [1.165, 1.54) is 20.7 Å². The number of methoxy groups -OCH3 is 1. The topological polar surface area (TPSA) is 120 Å². The lowest BCUT2D eigenvalue weighted by atomic mass is 9.83. The predicted molar refractivity (Wildman–Crippen MR) is 125 cm³/mol. The van der Waals surface area contributed by atoms with Gasteiger partial charge in [0.2, 0.25) is 5.91 Å². The van der Waals surface area contributed by atoms with Crippen LogP contribution in [0.4, 0.5) is 0 Å². The first-order chi connectivity index (χ1) is 14.9. The van der Waals surface area contributed by atoms with Crippen LogP contribution in [0.3, 0.4) is 0 Å². The molecule has 1 aromatic rings. The van der Waals surface area contributed by atoms with Gasteiger partial charge in [0.1, 0.15) is 18.8 Å². The summed E-state index contributed by atoms with van der Waals surface area (Å²) in [6, 6.07) is 8.28. The van der Waals surface area contributed by atoms with Crippen LogP contribution < -0.4 is 10.4 Å². The minimum Gasteiger partial charge on any atom is -0.469 e. The van der Waals surface area contributed by atoms with Crippen LogP contribution in [0.2, 0.25) is 0 Å². The molecular formula is C22H39N2O7P. The molecule has 1 aromatic carbocycles. The third-order valence-electron chi connectivity index (χ3n) is 5.03. The molecule has 2 N–H and O–H groups in total. The van der Waals surface area contributed by atoms with Crippen molar-refractivity contribution in [1.82, 2.24) is 10.4 Å². The zero-order chi connectivity index (χ0) is 24.4. The van der Waals surface area contributed by atoms with E-state index in [2.05, 4.69) is 15.1 Å². The van der Waals surface area contributed by atoms with Gasteiger partial charge >= 0.3 is 11.9 Å². The van der Waals surface area contributed by atoms with Crippen LogP contribution in [0.5, 0.6) is 0 Å². The molecule has 0 saturated carbocycles. The molecule has 1 unspecified atom stereocenters. The lowest BCUT2D eigenvalue weighted by Crippen LogP contribution is -2.46. The molecule has 0 aliphatic heterocycles. The van der Waals surface area contributed by atoms with Crippen LogP contribution in [-0.4, -0.2) is 50.3 Å². The maximum Gasteiger partial charge on any atom is 0.323 e. The Balaban J connectivity index is 0. The SMILES string of the molecule is CCC(C)(C)[C@@H](OP(C)(=O)N[C@@H](C)C(=O)OCc1ccccc1)C(=O)NCCC(=O)OC.[HH].[HH]. The minimum atomic E-state index is -3.58. The molecule has 10 heteroatoms. The van der Waals surface area contributed by atoms with Crippen molar-refractivity contribution in [3.63, 3.8) is 0 Å². The van der Waals surface area contributed by atoms with Gasteiger partial charge in [-0.2, -0.15) is 0 Å². The molecule has 184 valence electrons. The first kappa shape index (κ1) is 27.8. The third-order valence-corrected chi connectivity index (χ3v) is 6.50. The summed E-state index contributed by atoms with van der Waals surface area (Å²) in [5.41, 5.74) is 0.178. The molecule has 0 bridgehead atoms. The highest BCUT2D eigenvalue weighted by Gasteiger charge is 2.39. The summed E-state index contributed by atoms with van der Waals surface area (Å²) in [5, 5.41) is 5.28. The summed E-state index contributed by atoms with van der Waals surface area (Å²) in [6.07, 6.45) is -0.494. The maximum atomic E-state index is 13.1. The minimum absolute atomic E-state index is 0. The summed E-state index contributed by atoms with van der Waals surface area (Å²) >= 11 is 0. The fraction of sp³-hybridized carbons (Fsp3) is 0.591. The van der Waals surface area contributed by atoms with Crippen molar-refractivity contribution in [1.29, 1.82) is 0 Å². The Hall–Kier alpha value is -2.22. The summed E-state index contributed by atoms with van der Waals surface area (Å²) in [4.78, 5) is 36.3. The van der Waals surface area contributed by atoms with Crippen LogP contribution in [0, 0.1) is 5.41 Å². The molecule has 0 saturated heterocycles. The fourth-order valence-electron chi connectivity index (χ4n) is 2.70. The van der Waals surface area contributed by atoms with E-state index in [-0.39, 0.29) is 22.4 Å². The molecule has 0 heterocycles. The van der Waals surface area contributed by atoms with E-state index >= 15 is 0 Å². The second kappa shape index (κ2) is 12.7. The zero-order valence-corrected chi connectivity index (χ0v) is 20.6. The van der Waals surface area contributed by atoms with Crippen molar-refractivity contribution in [3.05, 3.63) is 35.9 Å². The summed E-state index contributed by atoms with van der Waals surface area (Å²) in [5.74, 6) is -1.54. The van der Waals surface area contributed by atoms with Crippen molar-refractivity contribution in [2.45, 2.75) is 59.3 Å². The molecule has 0 aliphatic rings. The first-order valence-electron chi connectivity index (χ1n) is 10.5. The van der Waals surface area contributed by atoms with Gasteiger partial charge < -0.3 is 19.3 Å². The van der Waals surface area contributed by atoms with E-state index in [0.29, 0.717) is 6.42 Å². The highest BCUT2D eigenvalue weighted by atomic mass is 31.2. The van der Waals surface area contributed by atoms with Gasteiger partial charge in [0.05, 0.1) is 13.5 Å². The average Bonchev–Trinajstić information content (AvgIpc) is 2.75. The Labute approximate surface area is 193 Å². The lowest BCUT2D eigenvalue weighted by molar-refractivity contribution is -0.146. The highest BCUT2D eigenvalue weighted by Crippen LogP contribution is 2.44. The van der Waals surface area contributed by atoms with Crippen molar-refractivity contribution in [2.75, 3.05) is 20.3 Å². The Bertz CT molecular complexity index is 825. The molecule has 3 atom stereocenters. The van der Waals surface area contributed by atoms with E-state index in [9.17, 15) is 18.9 Å².